The van der Waals surface area contributed by atoms with Crippen molar-refractivity contribution >= 4 is 17.1 Å². The second kappa shape index (κ2) is 5.07. The fourth-order valence-corrected chi connectivity index (χ4v) is 2.34. The van der Waals surface area contributed by atoms with Gasteiger partial charge in [0, 0.05) is 16.5 Å². The SMILES string of the molecule is N#CC(C(=O)c1cc(F)cc(F)c1)c1cccs1. The zero-order valence-electron chi connectivity index (χ0n) is 9.06. The number of nitrogens with zero attached hydrogens (tertiary/aromatic N) is 1. The van der Waals surface area contributed by atoms with Gasteiger partial charge in [0.25, 0.3) is 0 Å². The highest BCUT2D eigenvalue weighted by Crippen LogP contribution is 2.25. The van der Waals surface area contributed by atoms with Gasteiger partial charge in [0.2, 0.25) is 0 Å². The van der Waals surface area contributed by atoms with Gasteiger partial charge in [-0.1, -0.05) is 6.07 Å². The quantitative estimate of drug-likeness (QED) is 0.795. The van der Waals surface area contributed by atoms with Gasteiger partial charge in [-0.15, -0.1) is 11.3 Å². The molecule has 0 saturated heterocycles. The van der Waals surface area contributed by atoms with Gasteiger partial charge in [-0.25, -0.2) is 8.78 Å². The van der Waals surface area contributed by atoms with Gasteiger partial charge in [-0.3, -0.25) is 4.79 Å². The third-order valence-electron chi connectivity index (χ3n) is 2.37. The van der Waals surface area contributed by atoms with Crippen molar-refractivity contribution in [1.29, 1.82) is 5.26 Å². The minimum atomic E-state index is -1.02. The summed E-state index contributed by atoms with van der Waals surface area (Å²) in [4.78, 5) is 12.6. The summed E-state index contributed by atoms with van der Waals surface area (Å²) in [6.45, 7) is 0. The van der Waals surface area contributed by atoms with Crippen molar-refractivity contribution in [3.63, 3.8) is 0 Å². The van der Waals surface area contributed by atoms with Crippen molar-refractivity contribution in [2.24, 2.45) is 0 Å². The first-order valence-electron chi connectivity index (χ1n) is 5.05. The van der Waals surface area contributed by atoms with Crippen molar-refractivity contribution in [1.82, 2.24) is 0 Å². The molecule has 5 heteroatoms. The lowest BCUT2D eigenvalue weighted by Gasteiger charge is -2.06. The van der Waals surface area contributed by atoms with Crippen molar-refractivity contribution in [3.05, 3.63) is 57.8 Å². The largest absolute Gasteiger partial charge is 0.292 e. The molecule has 1 atom stereocenters. The van der Waals surface area contributed by atoms with E-state index < -0.39 is 23.3 Å². The topological polar surface area (TPSA) is 40.9 Å². The minimum Gasteiger partial charge on any atom is -0.292 e. The number of hydrogen-bond acceptors (Lipinski definition) is 3. The summed E-state index contributed by atoms with van der Waals surface area (Å²) in [6, 6.07) is 7.77. The monoisotopic (exact) mass is 263 g/mol. The van der Waals surface area contributed by atoms with Crippen molar-refractivity contribution in [2.45, 2.75) is 5.92 Å². The van der Waals surface area contributed by atoms with E-state index in [0.717, 1.165) is 12.1 Å². The number of benzene rings is 1. The Morgan fingerprint density at radius 1 is 1.28 bits per heavy atom. The Balaban J connectivity index is 2.39. The smallest absolute Gasteiger partial charge is 0.185 e. The normalized spacial score (nSPS) is 11.8. The molecule has 1 heterocycles. The van der Waals surface area contributed by atoms with Crippen molar-refractivity contribution in [3.8, 4) is 6.07 Å². The molecule has 0 radical (unpaired) electrons. The lowest BCUT2D eigenvalue weighted by Crippen LogP contribution is -2.10. The predicted octanol–water partition coefficient (Wildman–Crippen LogP) is 3.52. The van der Waals surface area contributed by atoms with Crippen LogP contribution in [-0.2, 0) is 0 Å². The standard InChI is InChI=1S/C13H7F2NOS/c14-9-4-8(5-10(15)6-9)13(17)11(7-16)12-2-1-3-18-12/h1-6,11H. The van der Waals surface area contributed by atoms with E-state index in [1.165, 1.54) is 11.3 Å². The first-order chi connectivity index (χ1) is 8.61. The lowest BCUT2D eigenvalue weighted by atomic mass is 9.97. The molecule has 0 aliphatic rings. The molecule has 0 aliphatic heterocycles. The number of carbonyl (C=O) groups is 1. The molecule has 1 unspecified atom stereocenters. The predicted molar refractivity (Wildman–Crippen MR) is 63.4 cm³/mol. The Bertz CT molecular complexity index is 596. The second-order valence-corrected chi connectivity index (χ2v) is 4.58. The molecular formula is C13H7F2NOS. The number of rotatable bonds is 3. The number of nitriles is 1. The van der Waals surface area contributed by atoms with Crippen LogP contribution in [0.15, 0.2) is 35.7 Å². The first kappa shape index (κ1) is 12.4. The first-order valence-corrected chi connectivity index (χ1v) is 5.93. The summed E-state index contributed by atoms with van der Waals surface area (Å²) in [7, 11) is 0. The van der Waals surface area contributed by atoms with Crippen LogP contribution < -0.4 is 0 Å². The average molecular weight is 263 g/mol. The van der Waals surface area contributed by atoms with Crippen LogP contribution >= 0.6 is 11.3 Å². The molecule has 2 aromatic rings. The molecule has 0 fully saturated rings. The molecule has 0 spiro atoms. The zero-order valence-corrected chi connectivity index (χ0v) is 9.88. The molecule has 0 N–H and O–H groups in total. The molecule has 90 valence electrons. The van der Waals surface area contributed by atoms with Crippen LogP contribution in [0, 0.1) is 23.0 Å². The van der Waals surface area contributed by atoms with Crippen LogP contribution in [0.2, 0.25) is 0 Å². The molecule has 0 aliphatic carbocycles. The van der Waals surface area contributed by atoms with Crippen LogP contribution in [-0.4, -0.2) is 5.78 Å². The summed E-state index contributed by atoms with van der Waals surface area (Å²) in [6.07, 6.45) is 0. The molecule has 0 bridgehead atoms. The maximum atomic E-state index is 13.0. The molecule has 2 nitrogen and oxygen atoms in total. The Labute approximate surface area is 106 Å². The highest BCUT2D eigenvalue weighted by molar-refractivity contribution is 7.10. The molecule has 1 aromatic heterocycles. The highest BCUT2D eigenvalue weighted by Gasteiger charge is 2.23. The van der Waals surface area contributed by atoms with Gasteiger partial charge in [0.1, 0.15) is 17.6 Å². The number of halogens is 2. The van der Waals surface area contributed by atoms with Crippen LogP contribution in [0.4, 0.5) is 8.78 Å². The van der Waals surface area contributed by atoms with E-state index in [2.05, 4.69) is 0 Å². The number of carbonyl (C=O) groups excluding carboxylic acids is 1. The Kier molecular flexibility index (Phi) is 3.49. The minimum absolute atomic E-state index is 0.132. The van der Waals surface area contributed by atoms with E-state index in [0.29, 0.717) is 10.9 Å². The molecule has 0 saturated carbocycles. The summed E-state index contributed by atoms with van der Waals surface area (Å²) in [5.74, 6) is -3.29. The Hall–Kier alpha value is -2.06. The van der Waals surface area contributed by atoms with Crippen LogP contribution in [0.5, 0.6) is 0 Å². The van der Waals surface area contributed by atoms with Gasteiger partial charge in [-0.05, 0) is 23.6 Å². The summed E-state index contributed by atoms with van der Waals surface area (Å²) >= 11 is 1.26. The Morgan fingerprint density at radius 3 is 2.44 bits per heavy atom. The van der Waals surface area contributed by atoms with E-state index in [-0.39, 0.29) is 5.56 Å². The van der Waals surface area contributed by atoms with Gasteiger partial charge >= 0.3 is 0 Å². The van der Waals surface area contributed by atoms with E-state index in [1.807, 2.05) is 6.07 Å². The van der Waals surface area contributed by atoms with Gasteiger partial charge in [-0.2, -0.15) is 5.26 Å². The maximum Gasteiger partial charge on any atom is 0.185 e. The lowest BCUT2D eigenvalue weighted by molar-refractivity contribution is 0.0979. The van der Waals surface area contributed by atoms with Gasteiger partial charge in [0.15, 0.2) is 5.78 Å². The summed E-state index contributed by atoms with van der Waals surface area (Å²) < 4.78 is 26.1. The van der Waals surface area contributed by atoms with Crippen molar-refractivity contribution in [2.75, 3.05) is 0 Å². The van der Waals surface area contributed by atoms with E-state index in [4.69, 9.17) is 5.26 Å². The maximum absolute atomic E-state index is 13.0. The fraction of sp³-hybridized carbons (Fsp3) is 0.0769. The number of hydrogen-bond donors (Lipinski definition) is 0. The van der Waals surface area contributed by atoms with E-state index >= 15 is 0 Å². The summed E-state index contributed by atoms with van der Waals surface area (Å²) in [5.41, 5.74) is -0.132. The molecule has 2 rings (SSSR count). The van der Waals surface area contributed by atoms with E-state index in [1.54, 1.807) is 17.5 Å². The molecule has 18 heavy (non-hydrogen) atoms. The van der Waals surface area contributed by atoms with Crippen molar-refractivity contribution < 1.29 is 13.6 Å². The number of thiophene rings is 1. The third kappa shape index (κ3) is 2.44. The van der Waals surface area contributed by atoms with Gasteiger partial charge in [0.05, 0.1) is 6.07 Å². The number of ketones is 1. The zero-order chi connectivity index (χ0) is 13.1. The van der Waals surface area contributed by atoms with E-state index in [9.17, 15) is 13.6 Å². The van der Waals surface area contributed by atoms with Crippen LogP contribution in [0.1, 0.15) is 21.2 Å². The molecular weight excluding hydrogens is 256 g/mol. The van der Waals surface area contributed by atoms with Crippen LogP contribution in [0.3, 0.4) is 0 Å². The Morgan fingerprint density at radius 2 is 1.94 bits per heavy atom. The molecule has 0 amide bonds. The summed E-state index contributed by atoms with van der Waals surface area (Å²) in [5, 5.41) is 10.8. The average Bonchev–Trinajstić information content (AvgIpc) is 2.82. The second-order valence-electron chi connectivity index (χ2n) is 3.60. The number of Topliss-reactive ketones (excluding diaryl/α,β-unsaturated/α-hetero) is 1. The molecule has 1 aromatic carbocycles. The fourth-order valence-electron chi connectivity index (χ4n) is 1.57. The van der Waals surface area contributed by atoms with Gasteiger partial charge < -0.3 is 0 Å². The third-order valence-corrected chi connectivity index (χ3v) is 3.30. The van der Waals surface area contributed by atoms with Crippen LogP contribution in [0.25, 0.3) is 0 Å². The highest BCUT2D eigenvalue weighted by atomic mass is 32.1.